The van der Waals surface area contributed by atoms with E-state index >= 15 is 0 Å². The average molecular weight is 401 g/mol. The molecule has 0 saturated carbocycles. The molecule has 0 aliphatic rings. The van der Waals surface area contributed by atoms with Crippen LogP contribution in [-0.2, 0) is 4.74 Å². The lowest BCUT2D eigenvalue weighted by molar-refractivity contribution is 0.161. The van der Waals surface area contributed by atoms with Crippen molar-refractivity contribution >= 4 is 39.0 Å². The van der Waals surface area contributed by atoms with Crippen LogP contribution in [0.4, 0.5) is 11.5 Å². The predicted octanol–water partition coefficient (Wildman–Crippen LogP) is 4.23. The van der Waals surface area contributed by atoms with Crippen molar-refractivity contribution in [2.45, 2.75) is 26.8 Å². The number of hydrogen-bond donors (Lipinski definition) is 1. The number of aryl methyl sites for hydroxylation is 2. The van der Waals surface area contributed by atoms with E-state index in [1.54, 1.807) is 7.11 Å². The van der Waals surface area contributed by atoms with Crippen molar-refractivity contribution in [3.63, 3.8) is 0 Å². The van der Waals surface area contributed by atoms with Gasteiger partial charge in [-0.1, -0.05) is 27.5 Å². The summed E-state index contributed by atoms with van der Waals surface area (Å²) in [5.41, 5.74) is 2.63. The van der Waals surface area contributed by atoms with Crippen LogP contribution < -0.4 is 10.9 Å². The summed E-state index contributed by atoms with van der Waals surface area (Å²) in [5.74, 6) is 0.203. The number of nitrogens with zero attached hydrogens (tertiary/aromatic N) is 2. The maximum atomic E-state index is 12.6. The third kappa shape index (κ3) is 4.13. The van der Waals surface area contributed by atoms with Gasteiger partial charge in [0, 0.05) is 23.5 Å². The van der Waals surface area contributed by atoms with Crippen LogP contribution in [0.2, 0.25) is 5.15 Å². The zero-order valence-corrected chi connectivity index (χ0v) is 15.8. The molecule has 1 aromatic carbocycles. The van der Waals surface area contributed by atoms with E-state index in [0.29, 0.717) is 6.61 Å². The van der Waals surface area contributed by atoms with Crippen LogP contribution >= 0.6 is 27.5 Å². The van der Waals surface area contributed by atoms with Gasteiger partial charge in [0.15, 0.2) is 5.82 Å². The van der Waals surface area contributed by atoms with Crippen molar-refractivity contribution in [2.75, 3.05) is 19.0 Å². The predicted molar refractivity (Wildman–Crippen MR) is 97.0 cm³/mol. The maximum absolute atomic E-state index is 12.6. The zero-order valence-electron chi connectivity index (χ0n) is 13.5. The summed E-state index contributed by atoms with van der Waals surface area (Å²) in [5, 5.41) is 3.38. The largest absolute Gasteiger partial charge is 0.383 e. The number of benzene rings is 1. The van der Waals surface area contributed by atoms with Crippen LogP contribution in [0.15, 0.2) is 27.6 Å². The smallest absolute Gasteiger partial charge is 0.294 e. The van der Waals surface area contributed by atoms with Crippen molar-refractivity contribution in [3.8, 4) is 0 Å². The van der Waals surface area contributed by atoms with Crippen LogP contribution in [0, 0.1) is 13.8 Å². The summed E-state index contributed by atoms with van der Waals surface area (Å²) in [7, 11) is 1.60. The lowest BCUT2D eigenvalue weighted by Gasteiger charge is -2.17. The molecule has 1 heterocycles. The summed E-state index contributed by atoms with van der Waals surface area (Å²) < 4.78 is 7.64. The highest BCUT2D eigenvalue weighted by Crippen LogP contribution is 2.27. The molecule has 0 bridgehead atoms. The highest BCUT2D eigenvalue weighted by atomic mass is 79.9. The molecule has 1 aromatic heterocycles. The van der Waals surface area contributed by atoms with Gasteiger partial charge in [0.2, 0.25) is 0 Å². The monoisotopic (exact) mass is 399 g/mol. The first kappa shape index (κ1) is 18.0. The first-order chi connectivity index (χ1) is 10.8. The van der Waals surface area contributed by atoms with Gasteiger partial charge in [-0.3, -0.25) is 4.79 Å². The van der Waals surface area contributed by atoms with Crippen LogP contribution in [0.5, 0.6) is 0 Å². The number of halogens is 2. The Morgan fingerprint density at radius 2 is 2.00 bits per heavy atom. The minimum atomic E-state index is -0.235. The Labute approximate surface area is 148 Å². The van der Waals surface area contributed by atoms with Gasteiger partial charge in [-0.05, 0) is 44.0 Å². The number of methoxy groups -OCH3 is 1. The minimum absolute atomic E-state index is 0.138. The first-order valence-corrected chi connectivity index (χ1v) is 8.32. The Morgan fingerprint density at radius 1 is 1.39 bits per heavy atom. The number of anilines is 2. The van der Waals surface area contributed by atoms with Gasteiger partial charge >= 0.3 is 0 Å². The Kier molecular flexibility index (Phi) is 5.84. The third-order valence-electron chi connectivity index (χ3n) is 3.52. The van der Waals surface area contributed by atoms with Gasteiger partial charge in [0.25, 0.3) is 5.56 Å². The van der Waals surface area contributed by atoms with Gasteiger partial charge in [-0.15, -0.1) is 0 Å². The molecule has 0 fully saturated rings. The maximum Gasteiger partial charge on any atom is 0.294 e. The number of hydrogen-bond acceptors (Lipinski definition) is 4. The molecule has 5 nitrogen and oxygen atoms in total. The molecule has 2 aromatic rings. The Morgan fingerprint density at radius 3 is 2.57 bits per heavy atom. The van der Waals surface area contributed by atoms with Gasteiger partial charge in [-0.2, -0.15) is 0 Å². The molecule has 23 heavy (non-hydrogen) atoms. The van der Waals surface area contributed by atoms with Gasteiger partial charge in [-0.25, -0.2) is 4.98 Å². The van der Waals surface area contributed by atoms with Gasteiger partial charge < -0.3 is 14.6 Å². The van der Waals surface area contributed by atoms with E-state index in [9.17, 15) is 4.79 Å². The molecule has 2 rings (SSSR count). The molecule has 124 valence electrons. The first-order valence-electron chi connectivity index (χ1n) is 7.15. The molecule has 1 atom stereocenters. The third-order valence-corrected chi connectivity index (χ3v) is 4.16. The zero-order chi connectivity index (χ0) is 17.1. The van der Waals surface area contributed by atoms with Crippen molar-refractivity contribution in [1.29, 1.82) is 0 Å². The molecule has 0 aliphatic heterocycles. The van der Waals surface area contributed by atoms with Crippen molar-refractivity contribution in [1.82, 2.24) is 9.55 Å². The number of aromatic nitrogens is 2. The fourth-order valence-corrected chi connectivity index (χ4v) is 3.31. The van der Waals surface area contributed by atoms with E-state index < -0.39 is 0 Å². The number of nitrogens with one attached hydrogen (secondary N) is 1. The van der Waals surface area contributed by atoms with E-state index in [0.717, 1.165) is 21.3 Å². The van der Waals surface area contributed by atoms with Crippen LogP contribution in [0.1, 0.15) is 24.1 Å². The lowest BCUT2D eigenvalue weighted by atomic mass is 10.1. The molecule has 1 N–H and O–H groups in total. The van der Waals surface area contributed by atoms with Crippen LogP contribution in [0.25, 0.3) is 0 Å². The number of rotatable bonds is 5. The second-order valence-electron chi connectivity index (χ2n) is 5.47. The van der Waals surface area contributed by atoms with Crippen molar-refractivity contribution < 1.29 is 4.74 Å². The molecule has 0 saturated heterocycles. The molecule has 0 aliphatic carbocycles. The Hall–Kier alpha value is -1.37. The Bertz CT molecular complexity index is 753. The lowest BCUT2D eigenvalue weighted by Crippen LogP contribution is -2.28. The molecular weight excluding hydrogens is 382 g/mol. The molecule has 0 spiro atoms. The average Bonchev–Trinajstić information content (AvgIpc) is 2.46. The topological polar surface area (TPSA) is 56.1 Å². The second-order valence-corrected chi connectivity index (χ2v) is 6.77. The summed E-state index contributed by atoms with van der Waals surface area (Å²) in [6.07, 6.45) is 1.53. The summed E-state index contributed by atoms with van der Waals surface area (Å²) >= 11 is 9.54. The summed E-state index contributed by atoms with van der Waals surface area (Å²) in [6, 6.07) is 3.82. The summed E-state index contributed by atoms with van der Waals surface area (Å²) in [4.78, 5) is 16.8. The van der Waals surface area contributed by atoms with Gasteiger partial charge in [0.1, 0.15) is 5.15 Å². The van der Waals surface area contributed by atoms with Crippen molar-refractivity contribution in [3.05, 3.63) is 49.4 Å². The van der Waals surface area contributed by atoms with E-state index in [4.69, 9.17) is 16.3 Å². The molecule has 0 radical (unpaired) electrons. The second kappa shape index (κ2) is 7.47. The molecule has 0 amide bonds. The Balaban J connectivity index is 2.47. The molecule has 1 unspecified atom stereocenters. The van der Waals surface area contributed by atoms with Gasteiger partial charge in [0.05, 0.1) is 12.6 Å². The molecule has 7 heteroatoms. The van der Waals surface area contributed by atoms with Crippen LogP contribution in [-0.4, -0.2) is 23.3 Å². The highest BCUT2D eigenvalue weighted by Gasteiger charge is 2.14. The van der Waals surface area contributed by atoms with E-state index in [1.165, 1.54) is 10.8 Å². The fraction of sp³-hybridized carbons (Fsp3) is 0.375. The van der Waals surface area contributed by atoms with Crippen LogP contribution in [0.3, 0.4) is 0 Å². The fourth-order valence-electron chi connectivity index (χ4n) is 2.44. The summed E-state index contributed by atoms with van der Waals surface area (Å²) in [6.45, 7) is 6.24. The SMILES string of the molecule is COCC(C)n1cc(Cl)nc(Nc2c(C)cc(Br)cc2C)c1=O. The van der Waals surface area contributed by atoms with E-state index in [-0.39, 0.29) is 22.6 Å². The minimum Gasteiger partial charge on any atom is -0.383 e. The molecular formula is C16H19BrClN3O2. The number of ether oxygens (including phenoxy) is 1. The van der Waals surface area contributed by atoms with E-state index in [1.807, 2.05) is 32.9 Å². The standard InChI is InChI=1S/C16H19BrClN3O2/c1-9-5-12(17)6-10(2)14(9)20-15-16(22)21(7-13(18)19-15)11(3)8-23-4/h5-7,11H,8H2,1-4H3,(H,19,20). The normalized spacial score (nSPS) is 12.3. The quantitative estimate of drug-likeness (QED) is 0.816. The van der Waals surface area contributed by atoms with E-state index in [2.05, 4.69) is 26.2 Å². The van der Waals surface area contributed by atoms with Crippen molar-refractivity contribution in [2.24, 2.45) is 0 Å². The highest BCUT2D eigenvalue weighted by molar-refractivity contribution is 9.10.